The zero-order valence-corrected chi connectivity index (χ0v) is 15.4. The number of carbonyl (C=O) groups excluding carboxylic acids is 2. The van der Waals surface area contributed by atoms with Crippen molar-refractivity contribution in [2.75, 3.05) is 26.3 Å². The number of nitrogens with one attached hydrogen (secondary N) is 1. The second-order valence-electron chi connectivity index (χ2n) is 6.67. The number of morpholine rings is 1. The van der Waals surface area contributed by atoms with E-state index >= 15 is 0 Å². The van der Waals surface area contributed by atoms with Crippen LogP contribution in [0.5, 0.6) is 0 Å². The average Bonchev–Trinajstić information content (AvgIpc) is 2.77. The Kier molecular flexibility index (Phi) is 5.30. The number of rotatable bonds is 4. The average molecular weight is 375 g/mol. The topological polar surface area (TPSA) is 71.5 Å². The third-order valence-electron chi connectivity index (χ3n) is 4.84. The maximum absolute atomic E-state index is 13.1. The summed E-state index contributed by atoms with van der Waals surface area (Å²) in [6.45, 7) is 2.08. The Morgan fingerprint density at radius 3 is 2.57 bits per heavy atom. The fraction of sp³-hybridized carbons (Fsp3) is 0.227. The summed E-state index contributed by atoms with van der Waals surface area (Å²) in [5.41, 5.74) is 2.08. The van der Waals surface area contributed by atoms with E-state index in [1.165, 1.54) is 0 Å². The molecule has 1 saturated heterocycles. The molecule has 0 saturated carbocycles. The first-order valence-corrected chi connectivity index (χ1v) is 9.29. The van der Waals surface area contributed by atoms with Crippen molar-refractivity contribution in [3.8, 4) is 0 Å². The van der Waals surface area contributed by atoms with E-state index in [-0.39, 0.29) is 11.8 Å². The lowest BCUT2D eigenvalue weighted by atomic mass is 10.0. The second-order valence-corrected chi connectivity index (χ2v) is 6.67. The van der Waals surface area contributed by atoms with Gasteiger partial charge in [0.2, 0.25) is 5.91 Å². The molecule has 1 fully saturated rings. The van der Waals surface area contributed by atoms with Gasteiger partial charge in [-0.2, -0.15) is 0 Å². The van der Waals surface area contributed by atoms with Crippen molar-refractivity contribution in [2.45, 2.75) is 6.04 Å². The third-order valence-corrected chi connectivity index (χ3v) is 4.84. The Morgan fingerprint density at radius 2 is 1.79 bits per heavy atom. The largest absolute Gasteiger partial charge is 0.378 e. The minimum Gasteiger partial charge on any atom is -0.378 e. The number of aromatic nitrogens is 1. The van der Waals surface area contributed by atoms with E-state index < -0.39 is 6.04 Å². The van der Waals surface area contributed by atoms with E-state index in [9.17, 15) is 9.59 Å². The Labute approximate surface area is 163 Å². The number of pyridine rings is 1. The van der Waals surface area contributed by atoms with Crippen LogP contribution in [-0.2, 0) is 9.53 Å². The van der Waals surface area contributed by atoms with Gasteiger partial charge >= 0.3 is 0 Å². The molecule has 0 spiro atoms. The summed E-state index contributed by atoms with van der Waals surface area (Å²) < 4.78 is 5.34. The number of fused-ring (bicyclic) bond motifs is 1. The van der Waals surface area contributed by atoms with Crippen LogP contribution in [0.3, 0.4) is 0 Å². The quantitative estimate of drug-likeness (QED) is 0.761. The third kappa shape index (κ3) is 3.87. The highest BCUT2D eigenvalue weighted by Gasteiger charge is 2.28. The van der Waals surface area contributed by atoms with Crippen molar-refractivity contribution < 1.29 is 14.3 Å². The van der Waals surface area contributed by atoms with Crippen molar-refractivity contribution in [1.82, 2.24) is 15.2 Å². The summed E-state index contributed by atoms with van der Waals surface area (Å²) in [4.78, 5) is 32.1. The van der Waals surface area contributed by atoms with Gasteiger partial charge in [-0.15, -0.1) is 0 Å². The summed E-state index contributed by atoms with van der Waals surface area (Å²) in [6, 6.07) is 17.7. The maximum Gasteiger partial charge on any atom is 0.252 e. The molecule has 0 bridgehead atoms. The minimum atomic E-state index is -0.739. The van der Waals surface area contributed by atoms with Crippen molar-refractivity contribution in [2.24, 2.45) is 0 Å². The van der Waals surface area contributed by atoms with Crippen LogP contribution in [-0.4, -0.2) is 48.0 Å². The molecular weight excluding hydrogens is 354 g/mol. The standard InChI is InChI=1S/C22H21N3O3/c26-21(18-8-9-19-17(15-18)7-4-10-23-19)24-20(16-5-2-1-3-6-16)22(27)25-11-13-28-14-12-25/h1-10,15,20H,11-14H2,(H,24,26). The molecule has 1 aliphatic heterocycles. The molecule has 1 N–H and O–H groups in total. The lowest BCUT2D eigenvalue weighted by Gasteiger charge is -2.31. The van der Waals surface area contributed by atoms with Gasteiger partial charge in [-0.3, -0.25) is 14.6 Å². The molecule has 142 valence electrons. The first-order chi connectivity index (χ1) is 13.7. The molecule has 1 aliphatic rings. The molecule has 0 aliphatic carbocycles. The number of amides is 2. The zero-order chi connectivity index (χ0) is 19.3. The van der Waals surface area contributed by atoms with Crippen molar-refractivity contribution in [3.05, 3.63) is 78.0 Å². The van der Waals surface area contributed by atoms with Gasteiger partial charge in [0.05, 0.1) is 18.7 Å². The highest BCUT2D eigenvalue weighted by atomic mass is 16.5. The number of ether oxygens (including phenoxy) is 1. The molecule has 2 heterocycles. The summed E-state index contributed by atoms with van der Waals surface area (Å²) in [7, 11) is 0. The van der Waals surface area contributed by atoms with Gasteiger partial charge in [0, 0.05) is 30.2 Å². The number of nitrogens with zero attached hydrogens (tertiary/aromatic N) is 2. The lowest BCUT2D eigenvalue weighted by molar-refractivity contribution is -0.137. The Hall–Kier alpha value is -3.25. The van der Waals surface area contributed by atoms with Gasteiger partial charge in [0.25, 0.3) is 5.91 Å². The van der Waals surface area contributed by atoms with Crippen LogP contribution < -0.4 is 5.32 Å². The molecule has 6 nitrogen and oxygen atoms in total. The van der Waals surface area contributed by atoms with Gasteiger partial charge in [-0.1, -0.05) is 36.4 Å². The van der Waals surface area contributed by atoms with E-state index in [0.717, 1.165) is 16.5 Å². The fourth-order valence-corrected chi connectivity index (χ4v) is 3.33. The van der Waals surface area contributed by atoms with E-state index in [1.54, 1.807) is 23.2 Å². The Balaban J connectivity index is 1.60. The fourth-order valence-electron chi connectivity index (χ4n) is 3.33. The number of carbonyl (C=O) groups is 2. The van der Waals surface area contributed by atoms with Gasteiger partial charge in [-0.25, -0.2) is 0 Å². The molecular formula is C22H21N3O3. The van der Waals surface area contributed by atoms with Crippen molar-refractivity contribution in [1.29, 1.82) is 0 Å². The number of hydrogen-bond donors (Lipinski definition) is 1. The van der Waals surface area contributed by atoms with Crippen LogP contribution in [0.25, 0.3) is 10.9 Å². The van der Waals surface area contributed by atoms with Crippen LogP contribution in [0.15, 0.2) is 66.9 Å². The SMILES string of the molecule is O=C(NC(C(=O)N1CCOCC1)c1ccccc1)c1ccc2ncccc2c1. The van der Waals surface area contributed by atoms with E-state index in [4.69, 9.17) is 4.74 Å². The summed E-state index contributed by atoms with van der Waals surface area (Å²) in [5.74, 6) is -0.411. The second kappa shape index (κ2) is 8.19. The molecule has 3 aromatic rings. The van der Waals surface area contributed by atoms with Gasteiger partial charge in [0.1, 0.15) is 6.04 Å². The normalized spacial score (nSPS) is 15.2. The first kappa shape index (κ1) is 18.1. The molecule has 28 heavy (non-hydrogen) atoms. The molecule has 1 aromatic heterocycles. The molecule has 4 rings (SSSR count). The highest BCUT2D eigenvalue weighted by Crippen LogP contribution is 2.19. The maximum atomic E-state index is 13.1. The number of hydrogen-bond acceptors (Lipinski definition) is 4. The van der Waals surface area contributed by atoms with E-state index in [1.807, 2.05) is 48.5 Å². The van der Waals surface area contributed by atoms with Crippen LogP contribution in [0.4, 0.5) is 0 Å². The van der Waals surface area contributed by atoms with Crippen molar-refractivity contribution in [3.63, 3.8) is 0 Å². The van der Waals surface area contributed by atoms with E-state index in [2.05, 4.69) is 10.3 Å². The lowest BCUT2D eigenvalue weighted by Crippen LogP contribution is -2.47. The summed E-state index contributed by atoms with van der Waals surface area (Å²) in [5, 5.41) is 3.80. The zero-order valence-electron chi connectivity index (χ0n) is 15.4. The van der Waals surface area contributed by atoms with Gasteiger partial charge in [-0.05, 0) is 29.8 Å². The minimum absolute atomic E-state index is 0.120. The molecule has 6 heteroatoms. The monoisotopic (exact) mass is 375 g/mol. The molecule has 1 atom stereocenters. The van der Waals surface area contributed by atoms with E-state index in [0.29, 0.717) is 31.9 Å². The predicted molar refractivity (Wildman–Crippen MR) is 106 cm³/mol. The Morgan fingerprint density at radius 1 is 1.00 bits per heavy atom. The van der Waals surface area contributed by atoms with Crippen LogP contribution in [0.1, 0.15) is 22.0 Å². The molecule has 2 aromatic carbocycles. The molecule has 2 amide bonds. The summed E-state index contributed by atoms with van der Waals surface area (Å²) >= 11 is 0. The van der Waals surface area contributed by atoms with Crippen LogP contribution in [0, 0.1) is 0 Å². The summed E-state index contributed by atoms with van der Waals surface area (Å²) in [6.07, 6.45) is 1.72. The molecule has 1 unspecified atom stereocenters. The first-order valence-electron chi connectivity index (χ1n) is 9.29. The molecule has 0 radical (unpaired) electrons. The van der Waals surface area contributed by atoms with Crippen molar-refractivity contribution >= 4 is 22.7 Å². The van der Waals surface area contributed by atoms with Crippen LogP contribution >= 0.6 is 0 Å². The van der Waals surface area contributed by atoms with Gasteiger partial charge in [0.15, 0.2) is 0 Å². The number of benzene rings is 2. The Bertz CT molecular complexity index is 984. The smallest absolute Gasteiger partial charge is 0.252 e. The van der Waals surface area contributed by atoms with Crippen LogP contribution in [0.2, 0.25) is 0 Å². The highest BCUT2D eigenvalue weighted by molar-refractivity contribution is 6.00. The van der Waals surface area contributed by atoms with Gasteiger partial charge < -0.3 is 15.0 Å². The predicted octanol–water partition coefficient (Wildman–Crippen LogP) is 2.56.